The summed E-state index contributed by atoms with van der Waals surface area (Å²) in [5.41, 5.74) is 6.58. The first-order chi connectivity index (χ1) is 10.0. The van der Waals surface area contributed by atoms with E-state index in [0.29, 0.717) is 22.3 Å². The van der Waals surface area contributed by atoms with E-state index in [2.05, 4.69) is 5.32 Å². The van der Waals surface area contributed by atoms with Crippen molar-refractivity contribution < 1.29 is 4.79 Å². The lowest BCUT2D eigenvalue weighted by Crippen LogP contribution is -2.46. The van der Waals surface area contributed by atoms with Gasteiger partial charge in [0.25, 0.3) is 0 Å². The standard InChI is InChI=1S/C15H21Cl2N3O/c1-2-20(12-6-3-10(18)4-7-12)15(21)19-11-5-8-13(16)14(17)9-11/h5,8-10,12H,2-4,6-7,18H2,1H3,(H,19,21). The molecule has 2 rings (SSSR count). The molecule has 2 amide bonds. The molecular formula is C15H21Cl2N3O. The van der Waals surface area contributed by atoms with Crippen molar-refractivity contribution in [2.24, 2.45) is 5.73 Å². The van der Waals surface area contributed by atoms with Crippen LogP contribution in [0.25, 0.3) is 0 Å². The van der Waals surface area contributed by atoms with E-state index in [1.165, 1.54) is 0 Å². The fourth-order valence-electron chi connectivity index (χ4n) is 2.75. The summed E-state index contributed by atoms with van der Waals surface area (Å²) in [4.78, 5) is 14.3. The molecule has 4 nitrogen and oxygen atoms in total. The predicted octanol–water partition coefficient (Wildman–Crippen LogP) is 4.12. The summed E-state index contributed by atoms with van der Waals surface area (Å²) < 4.78 is 0. The molecule has 1 aromatic rings. The summed E-state index contributed by atoms with van der Waals surface area (Å²) in [5, 5.41) is 3.79. The van der Waals surface area contributed by atoms with Gasteiger partial charge in [0.1, 0.15) is 0 Å². The first kappa shape index (κ1) is 16.4. The fourth-order valence-corrected chi connectivity index (χ4v) is 3.05. The molecule has 116 valence electrons. The number of benzene rings is 1. The van der Waals surface area contributed by atoms with Crippen LogP contribution in [-0.2, 0) is 0 Å². The second kappa shape index (κ2) is 7.34. The summed E-state index contributed by atoms with van der Waals surface area (Å²) in [5.74, 6) is 0. The van der Waals surface area contributed by atoms with E-state index in [0.717, 1.165) is 25.7 Å². The number of hydrogen-bond acceptors (Lipinski definition) is 2. The first-order valence-electron chi connectivity index (χ1n) is 7.29. The Morgan fingerprint density at radius 1 is 1.29 bits per heavy atom. The van der Waals surface area contributed by atoms with Gasteiger partial charge in [0, 0.05) is 24.3 Å². The number of urea groups is 1. The van der Waals surface area contributed by atoms with Crippen LogP contribution < -0.4 is 11.1 Å². The Balaban J connectivity index is 2.01. The largest absolute Gasteiger partial charge is 0.328 e. The van der Waals surface area contributed by atoms with Crippen molar-refractivity contribution in [3.63, 3.8) is 0 Å². The van der Waals surface area contributed by atoms with Gasteiger partial charge in [0.05, 0.1) is 10.0 Å². The molecule has 0 bridgehead atoms. The number of carbonyl (C=O) groups excluding carboxylic acids is 1. The van der Waals surface area contributed by atoms with Crippen LogP contribution in [0, 0.1) is 0 Å². The Hall–Kier alpha value is -0.970. The number of carbonyl (C=O) groups is 1. The van der Waals surface area contributed by atoms with Crippen molar-refractivity contribution in [3.8, 4) is 0 Å². The van der Waals surface area contributed by atoms with Crippen LogP contribution in [-0.4, -0.2) is 29.6 Å². The van der Waals surface area contributed by atoms with Crippen molar-refractivity contribution >= 4 is 34.9 Å². The van der Waals surface area contributed by atoms with Crippen LogP contribution in [0.1, 0.15) is 32.6 Å². The van der Waals surface area contributed by atoms with Crippen molar-refractivity contribution in [3.05, 3.63) is 28.2 Å². The molecular weight excluding hydrogens is 309 g/mol. The molecule has 1 fully saturated rings. The molecule has 1 aliphatic rings. The summed E-state index contributed by atoms with van der Waals surface area (Å²) in [7, 11) is 0. The van der Waals surface area contributed by atoms with Gasteiger partial charge in [-0.3, -0.25) is 0 Å². The molecule has 0 spiro atoms. The summed E-state index contributed by atoms with van der Waals surface area (Å²) in [6.07, 6.45) is 3.87. The fraction of sp³-hybridized carbons (Fsp3) is 0.533. The topological polar surface area (TPSA) is 58.4 Å². The Bertz CT molecular complexity index is 502. The zero-order valence-electron chi connectivity index (χ0n) is 12.1. The smallest absolute Gasteiger partial charge is 0.322 e. The molecule has 1 saturated carbocycles. The number of halogens is 2. The summed E-state index contributed by atoms with van der Waals surface area (Å²) >= 11 is 11.8. The number of anilines is 1. The minimum atomic E-state index is -0.101. The highest BCUT2D eigenvalue weighted by molar-refractivity contribution is 6.42. The molecule has 0 radical (unpaired) electrons. The normalized spacial score (nSPS) is 21.9. The highest BCUT2D eigenvalue weighted by atomic mass is 35.5. The third-order valence-electron chi connectivity index (χ3n) is 3.95. The molecule has 0 aliphatic heterocycles. The Morgan fingerprint density at radius 2 is 1.95 bits per heavy atom. The third kappa shape index (κ3) is 4.25. The second-order valence-corrected chi connectivity index (χ2v) is 6.23. The SMILES string of the molecule is CCN(C(=O)Nc1ccc(Cl)c(Cl)c1)C1CCC(N)CC1. The van der Waals surface area contributed by atoms with Crippen molar-refractivity contribution in [1.82, 2.24) is 4.90 Å². The summed E-state index contributed by atoms with van der Waals surface area (Å²) in [6, 6.07) is 5.52. The first-order valence-corrected chi connectivity index (χ1v) is 8.05. The van der Waals surface area contributed by atoms with Gasteiger partial charge >= 0.3 is 6.03 Å². The molecule has 0 saturated heterocycles. The Kier molecular flexibility index (Phi) is 5.73. The van der Waals surface area contributed by atoms with E-state index in [9.17, 15) is 4.79 Å². The molecule has 3 N–H and O–H groups in total. The van der Waals surface area contributed by atoms with Crippen LogP contribution >= 0.6 is 23.2 Å². The van der Waals surface area contributed by atoms with Gasteiger partial charge in [-0.05, 0) is 50.8 Å². The second-order valence-electron chi connectivity index (χ2n) is 5.41. The van der Waals surface area contributed by atoms with E-state index in [1.54, 1.807) is 18.2 Å². The maximum Gasteiger partial charge on any atom is 0.322 e. The number of nitrogens with one attached hydrogen (secondary N) is 1. The monoisotopic (exact) mass is 329 g/mol. The lowest BCUT2D eigenvalue weighted by Gasteiger charge is -2.35. The van der Waals surface area contributed by atoms with Crippen LogP contribution in [0.15, 0.2) is 18.2 Å². The van der Waals surface area contributed by atoms with Crippen LogP contribution in [0.3, 0.4) is 0 Å². The molecule has 0 aromatic heterocycles. The van der Waals surface area contributed by atoms with Gasteiger partial charge < -0.3 is 16.0 Å². The minimum Gasteiger partial charge on any atom is -0.328 e. The van der Waals surface area contributed by atoms with Gasteiger partial charge in [-0.1, -0.05) is 23.2 Å². The molecule has 6 heteroatoms. The molecule has 0 atom stereocenters. The number of nitrogens with zero attached hydrogens (tertiary/aromatic N) is 1. The van der Waals surface area contributed by atoms with Gasteiger partial charge in [-0.15, -0.1) is 0 Å². The van der Waals surface area contributed by atoms with Crippen molar-refractivity contribution in [2.45, 2.75) is 44.7 Å². The average Bonchev–Trinajstić information content (AvgIpc) is 2.46. The lowest BCUT2D eigenvalue weighted by atomic mass is 9.91. The van der Waals surface area contributed by atoms with E-state index in [1.807, 2.05) is 11.8 Å². The highest BCUT2D eigenvalue weighted by Gasteiger charge is 2.26. The van der Waals surface area contributed by atoms with Gasteiger partial charge in [-0.2, -0.15) is 0 Å². The number of amides is 2. The Morgan fingerprint density at radius 3 is 2.52 bits per heavy atom. The highest BCUT2D eigenvalue weighted by Crippen LogP contribution is 2.26. The maximum absolute atomic E-state index is 12.4. The van der Waals surface area contributed by atoms with E-state index in [4.69, 9.17) is 28.9 Å². The zero-order chi connectivity index (χ0) is 15.4. The molecule has 1 aliphatic carbocycles. The van der Waals surface area contributed by atoms with Crippen LogP contribution in [0.4, 0.5) is 10.5 Å². The van der Waals surface area contributed by atoms with Crippen LogP contribution in [0.5, 0.6) is 0 Å². The van der Waals surface area contributed by atoms with Gasteiger partial charge in [0.2, 0.25) is 0 Å². The minimum absolute atomic E-state index is 0.101. The molecule has 1 aromatic carbocycles. The molecule has 0 heterocycles. The third-order valence-corrected chi connectivity index (χ3v) is 4.69. The number of nitrogens with two attached hydrogens (primary N) is 1. The van der Waals surface area contributed by atoms with E-state index in [-0.39, 0.29) is 18.1 Å². The molecule has 0 unspecified atom stereocenters. The van der Waals surface area contributed by atoms with Gasteiger partial charge in [0.15, 0.2) is 0 Å². The average molecular weight is 330 g/mol. The quantitative estimate of drug-likeness (QED) is 0.876. The Labute approximate surface area is 135 Å². The van der Waals surface area contributed by atoms with E-state index < -0.39 is 0 Å². The lowest BCUT2D eigenvalue weighted by molar-refractivity contribution is 0.167. The van der Waals surface area contributed by atoms with Crippen molar-refractivity contribution in [1.29, 1.82) is 0 Å². The van der Waals surface area contributed by atoms with Crippen molar-refractivity contribution in [2.75, 3.05) is 11.9 Å². The number of rotatable bonds is 3. The van der Waals surface area contributed by atoms with E-state index >= 15 is 0 Å². The van der Waals surface area contributed by atoms with Gasteiger partial charge in [-0.25, -0.2) is 4.79 Å². The maximum atomic E-state index is 12.4. The van der Waals surface area contributed by atoms with Crippen LogP contribution in [0.2, 0.25) is 10.0 Å². The number of hydrogen-bond donors (Lipinski definition) is 2. The summed E-state index contributed by atoms with van der Waals surface area (Å²) in [6.45, 7) is 2.66. The molecule has 21 heavy (non-hydrogen) atoms. The zero-order valence-corrected chi connectivity index (χ0v) is 13.6. The predicted molar refractivity (Wildman–Crippen MR) is 88.1 cm³/mol.